The second kappa shape index (κ2) is 16.2. The second-order valence-electron chi connectivity index (χ2n) is 5.62. The van der Waals surface area contributed by atoms with E-state index in [1.807, 2.05) is 32.0 Å². The zero-order chi connectivity index (χ0) is 18.7. The molecule has 0 aliphatic heterocycles. The summed E-state index contributed by atoms with van der Waals surface area (Å²) in [5.41, 5.74) is 1.39. The van der Waals surface area contributed by atoms with E-state index in [2.05, 4.69) is 25.1 Å². The number of esters is 1. The van der Waals surface area contributed by atoms with Crippen LogP contribution < -0.4 is 5.75 Å². The van der Waals surface area contributed by atoms with Crippen molar-refractivity contribution in [2.45, 2.75) is 61.3 Å². The minimum Gasteiger partial charge on any atom is -0.600 e. The SMILES string of the molecule is C.CC.CCCC(C)COC(=O)Cc1ccccc1N=c1o[c-]c(C)o1.[Yb]. The topological polar surface area (TPSA) is 64.9 Å². The molecule has 27 heavy (non-hydrogen) atoms. The molecule has 5 nitrogen and oxygen atoms in total. The Balaban J connectivity index is 0. The molecule has 0 amide bonds. The van der Waals surface area contributed by atoms with Crippen molar-refractivity contribution in [1.29, 1.82) is 0 Å². The molecule has 0 saturated heterocycles. The van der Waals surface area contributed by atoms with Crippen molar-refractivity contribution >= 4 is 11.7 Å². The van der Waals surface area contributed by atoms with Gasteiger partial charge in [-0.3, -0.25) is 9.79 Å². The minimum absolute atomic E-state index is 0. The van der Waals surface area contributed by atoms with Gasteiger partial charge in [0.1, 0.15) is 0 Å². The van der Waals surface area contributed by atoms with Crippen molar-refractivity contribution in [3.8, 4) is 0 Å². The monoisotopic (exact) mass is 536 g/mol. The normalized spacial score (nSPS) is 11.4. The number of ether oxygens (including phenoxy) is 1. The zero-order valence-corrected chi connectivity index (χ0v) is 17.8. The number of carbonyl (C=O) groups excluding carboxylic acids is 1. The smallest absolute Gasteiger partial charge is 0.310 e. The summed E-state index contributed by atoms with van der Waals surface area (Å²) in [5, 5.41) is 0. The maximum absolute atomic E-state index is 12.0. The first-order chi connectivity index (χ1) is 12.1. The molecule has 1 aromatic heterocycles. The van der Waals surface area contributed by atoms with E-state index in [9.17, 15) is 4.79 Å². The quantitative estimate of drug-likeness (QED) is 0.352. The Morgan fingerprint density at radius 1 is 1.30 bits per heavy atom. The molecule has 1 unspecified atom stereocenters. The molecule has 0 aliphatic rings. The van der Waals surface area contributed by atoms with Crippen LogP contribution in [0, 0.1) is 66.0 Å². The Bertz CT molecular complexity index is 706. The summed E-state index contributed by atoms with van der Waals surface area (Å²) in [6.45, 7) is 10.4. The molecule has 0 bridgehead atoms. The molecule has 1 aromatic carbocycles. The van der Waals surface area contributed by atoms with Gasteiger partial charge in [0.25, 0.3) is 0 Å². The van der Waals surface area contributed by atoms with Gasteiger partial charge >= 0.3 is 5.97 Å². The maximum Gasteiger partial charge on any atom is 0.310 e. The fraction of sp³-hybridized carbons (Fsp3) is 0.524. The summed E-state index contributed by atoms with van der Waals surface area (Å²) in [4.78, 5) is 16.3. The van der Waals surface area contributed by atoms with Crippen molar-refractivity contribution in [2.24, 2.45) is 10.9 Å². The van der Waals surface area contributed by atoms with Crippen LogP contribution in [0.4, 0.5) is 5.69 Å². The Morgan fingerprint density at radius 2 is 1.96 bits per heavy atom. The number of nitrogens with zero attached hydrogens (tertiary/aromatic N) is 1. The summed E-state index contributed by atoms with van der Waals surface area (Å²) < 4.78 is 15.6. The first kappa shape index (κ1) is 28.4. The Labute approximate surface area is 201 Å². The van der Waals surface area contributed by atoms with Gasteiger partial charge in [-0.15, -0.1) is 0 Å². The molecule has 2 rings (SSSR count). The Morgan fingerprint density at radius 3 is 2.56 bits per heavy atom. The number of aryl methyl sites for hydroxylation is 1. The van der Waals surface area contributed by atoms with Crippen LogP contribution in [-0.2, 0) is 16.0 Å². The molecule has 0 N–H and O–H groups in total. The first-order valence-electron chi connectivity index (χ1n) is 8.85. The van der Waals surface area contributed by atoms with Crippen LogP contribution in [0.2, 0.25) is 0 Å². The molecule has 2 aromatic rings. The van der Waals surface area contributed by atoms with E-state index in [-0.39, 0.29) is 72.5 Å². The van der Waals surface area contributed by atoms with Gasteiger partial charge in [-0.2, -0.15) is 0 Å². The molecular formula is C21H32NO4Yb-. The van der Waals surface area contributed by atoms with Gasteiger partial charge in [-0.05, 0) is 37.2 Å². The van der Waals surface area contributed by atoms with Crippen LogP contribution in [0.3, 0.4) is 0 Å². The first-order valence-corrected chi connectivity index (χ1v) is 8.85. The summed E-state index contributed by atoms with van der Waals surface area (Å²) >= 11 is 0. The standard InChI is InChI=1S/C18H22NO4.C2H6.CH4.Yb/c1-4-7-13(2)11-21-17(20)10-15-8-5-6-9-16(15)19-18-22-12-14(3)23-18;1-2;;/h5-6,8-9,13H,4,7,10-11H2,1-3H3;1-2H3;1H4;/q-1;;;. The van der Waals surface area contributed by atoms with E-state index in [0.717, 1.165) is 18.4 Å². The largest absolute Gasteiger partial charge is 0.600 e. The van der Waals surface area contributed by atoms with Crippen LogP contribution in [-0.4, -0.2) is 12.6 Å². The number of benzene rings is 1. The van der Waals surface area contributed by atoms with Gasteiger partial charge in [-0.1, -0.05) is 59.7 Å². The third-order valence-corrected chi connectivity index (χ3v) is 3.37. The third kappa shape index (κ3) is 11.0. The fourth-order valence-corrected chi connectivity index (χ4v) is 2.22. The predicted octanol–water partition coefficient (Wildman–Crippen LogP) is 5.40. The number of hydrogen-bond acceptors (Lipinski definition) is 5. The number of para-hydroxylation sites is 1. The summed E-state index contributed by atoms with van der Waals surface area (Å²) in [6.07, 6.45) is 4.87. The molecule has 1 heterocycles. The Kier molecular flexibility index (Phi) is 17.1. The number of carbonyl (C=O) groups is 1. The van der Waals surface area contributed by atoms with Crippen molar-refractivity contribution in [1.82, 2.24) is 0 Å². The molecule has 0 radical (unpaired) electrons. The van der Waals surface area contributed by atoms with E-state index in [4.69, 9.17) is 13.6 Å². The molecule has 1 atom stereocenters. The van der Waals surface area contributed by atoms with Gasteiger partial charge in [0.2, 0.25) is 5.75 Å². The summed E-state index contributed by atoms with van der Waals surface area (Å²) in [7, 11) is 0. The summed E-state index contributed by atoms with van der Waals surface area (Å²) in [6, 6.07) is 7.35. The third-order valence-electron chi connectivity index (χ3n) is 3.37. The Hall–Kier alpha value is -0.781. The van der Waals surface area contributed by atoms with E-state index < -0.39 is 0 Å². The average Bonchev–Trinajstić information content (AvgIpc) is 3.02. The van der Waals surface area contributed by atoms with E-state index in [0.29, 0.717) is 24.0 Å². The van der Waals surface area contributed by atoms with Crippen molar-refractivity contribution in [3.63, 3.8) is 0 Å². The molecule has 6 heteroatoms. The van der Waals surface area contributed by atoms with Crippen LogP contribution in [0.15, 0.2) is 38.1 Å². The molecule has 0 fully saturated rings. The number of rotatable bonds is 7. The van der Waals surface area contributed by atoms with Crippen LogP contribution in [0.25, 0.3) is 0 Å². The molecule has 0 spiro atoms. The average molecular weight is 536 g/mol. The minimum atomic E-state index is -0.255. The maximum atomic E-state index is 12.0. The van der Waals surface area contributed by atoms with E-state index in [1.165, 1.54) is 0 Å². The van der Waals surface area contributed by atoms with Gasteiger partial charge in [0.15, 0.2) is 0 Å². The fourth-order valence-electron chi connectivity index (χ4n) is 2.22. The molecule has 0 saturated carbocycles. The van der Waals surface area contributed by atoms with Crippen LogP contribution >= 0.6 is 0 Å². The van der Waals surface area contributed by atoms with Gasteiger partial charge in [0.05, 0.1) is 18.7 Å². The zero-order valence-electron chi connectivity index (χ0n) is 16.1. The van der Waals surface area contributed by atoms with Crippen LogP contribution in [0.1, 0.15) is 59.3 Å². The predicted molar refractivity (Wildman–Crippen MR) is 103 cm³/mol. The van der Waals surface area contributed by atoms with E-state index in [1.54, 1.807) is 13.0 Å². The van der Waals surface area contributed by atoms with E-state index >= 15 is 0 Å². The second-order valence-corrected chi connectivity index (χ2v) is 5.62. The van der Waals surface area contributed by atoms with Crippen molar-refractivity contribution in [3.05, 3.63) is 47.6 Å². The van der Waals surface area contributed by atoms with Gasteiger partial charge in [0, 0.05) is 52.7 Å². The molecule has 0 aliphatic carbocycles. The summed E-state index contributed by atoms with van der Waals surface area (Å²) in [5.74, 6) is 0.754. The molecule has 160 valence electrons. The van der Waals surface area contributed by atoms with Gasteiger partial charge in [-0.25, -0.2) is 0 Å². The van der Waals surface area contributed by atoms with Crippen molar-refractivity contribution < 1.29 is 65.3 Å². The van der Waals surface area contributed by atoms with Crippen LogP contribution in [0.5, 0.6) is 0 Å². The van der Waals surface area contributed by atoms with Crippen molar-refractivity contribution in [2.75, 3.05) is 6.61 Å². The molecular weight excluding hydrogens is 503 g/mol. The van der Waals surface area contributed by atoms with Gasteiger partial charge < -0.3 is 13.6 Å². The number of hydrogen-bond donors (Lipinski definition) is 0.